The maximum atomic E-state index is 10.7. The fraction of sp³-hybridized carbons (Fsp3) is 0.143. The Hall–Kier alpha value is -4.12. The van der Waals surface area contributed by atoms with E-state index in [1.54, 1.807) is 23.1 Å². The highest BCUT2D eigenvalue weighted by Gasteiger charge is 2.20. The molecule has 0 aromatic heterocycles. The molecule has 0 aliphatic heterocycles. The molecule has 0 spiro atoms. The largest absolute Gasteiger partial charge is 0.508 e. The Balaban J connectivity index is 1.84. The summed E-state index contributed by atoms with van der Waals surface area (Å²) in [4.78, 5) is 1.80. The summed E-state index contributed by atoms with van der Waals surface area (Å²) in [6.07, 6.45) is 0. The molecule has 0 radical (unpaired) electrons. The normalized spacial score (nSPS) is 10.8. The van der Waals surface area contributed by atoms with Gasteiger partial charge >= 0.3 is 0 Å². The molecule has 5 nitrogen and oxygen atoms in total. The van der Waals surface area contributed by atoms with Crippen LogP contribution < -0.4 is 9.64 Å². The van der Waals surface area contributed by atoms with Gasteiger partial charge in [-0.05, 0) is 92.4 Å². The van der Waals surface area contributed by atoms with Crippen LogP contribution in [0.3, 0.4) is 0 Å². The predicted octanol–water partition coefficient (Wildman–Crippen LogP) is 7.30. The van der Waals surface area contributed by atoms with Gasteiger partial charge in [-0.25, -0.2) is 0 Å². The molecule has 0 saturated carbocycles. The van der Waals surface area contributed by atoms with E-state index in [0.717, 1.165) is 22.3 Å². The van der Waals surface area contributed by atoms with Crippen LogP contribution in [0, 0.1) is 27.7 Å². The van der Waals surface area contributed by atoms with Gasteiger partial charge in [-0.3, -0.25) is 0 Å². The van der Waals surface area contributed by atoms with Crippen LogP contribution in [0.25, 0.3) is 0 Å². The molecule has 0 fully saturated rings. The van der Waals surface area contributed by atoms with Gasteiger partial charge in [0.25, 0.3) is 0 Å². The zero-order chi connectivity index (χ0) is 23.7. The van der Waals surface area contributed by atoms with E-state index < -0.39 is 0 Å². The number of phenols is 3. The van der Waals surface area contributed by atoms with Crippen LogP contribution in [0.15, 0.2) is 72.8 Å². The smallest absolute Gasteiger partial charge is 0.139 e. The number of aromatic hydroxyl groups is 3. The quantitative estimate of drug-likeness (QED) is 0.303. The highest BCUT2D eigenvalue weighted by Crippen LogP contribution is 2.45. The summed E-state index contributed by atoms with van der Waals surface area (Å²) in [5.41, 5.74) is 5.40. The minimum Gasteiger partial charge on any atom is -0.508 e. The van der Waals surface area contributed by atoms with Crippen LogP contribution in [0.4, 0.5) is 17.1 Å². The number of ether oxygens (including phenoxy) is 1. The van der Waals surface area contributed by atoms with E-state index in [2.05, 4.69) is 0 Å². The van der Waals surface area contributed by atoms with E-state index in [1.807, 2.05) is 82.3 Å². The molecule has 0 atom stereocenters. The third-order valence-corrected chi connectivity index (χ3v) is 5.54. The van der Waals surface area contributed by atoms with Crippen molar-refractivity contribution >= 4 is 17.1 Å². The summed E-state index contributed by atoms with van der Waals surface area (Å²) in [7, 11) is 0. The fourth-order valence-corrected chi connectivity index (χ4v) is 3.78. The summed E-state index contributed by atoms with van der Waals surface area (Å²) in [6.45, 7) is 7.66. The molecule has 0 saturated heterocycles. The molecular weight excluding hydrogens is 414 g/mol. The first-order valence-corrected chi connectivity index (χ1v) is 10.7. The molecule has 0 aliphatic rings. The molecule has 0 bridgehead atoms. The lowest BCUT2D eigenvalue weighted by molar-refractivity contribution is 0.450. The van der Waals surface area contributed by atoms with Gasteiger partial charge < -0.3 is 25.0 Å². The molecule has 3 N–H and O–H groups in total. The van der Waals surface area contributed by atoms with Crippen molar-refractivity contribution in [2.24, 2.45) is 0 Å². The van der Waals surface area contributed by atoms with Crippen molar-refractivity contribution in [3.8, 4) is 28.7 Å². The van der Waals surface area contributed by atoms with Gasteiger partial charge in [0.15, 0.2) is 0 Å². The maximum Gasteiger partial charge on any atom is 0.139 e. The van der Waals surface area contributed by atoms with Crippen molar-refractivity contribution in [1.82, 2.24) is 0 Å². The van der Waals surface area contributed by atoms with E-state index in [9.17, 15) is 15.3 Å². The van der Waals surface area contributed by atoms with Gasteiger partial charge in [-0.15, -0.1) is 0 Å². The topological polar surface area (TPSA) is 73.2 Å². The number of nitrogens with zero attached hydrogens (tertiary/aromatic N) is 1. The highest BCUT2D eigenvalue weighted by atomic mass is 16.5. The molecule has 0 heterocycles. The number of benzene rings is 4. The second-order valence-electron chi connectivity index (χ2n) is 8.32. The zero-order valence-electron chi connectivity index (χ0n) is 19.1. The number of hydrogen-bond acceptors (Lipinski definition) is 5. The Bertz CT molecular complexity index is 1280. The van der Waals surface area contributed by atoms with Crippen molar-refractivity contribution in [3.05, 3.63) is 95.1 Å². The van der Waals surface area contributed by atoms with Gasteiger partial charge in [0, 0.05) is 12.1 Å². The van der Waals surface area contributed by atoms with E-state index in [0.29, 0.717) is 28.6 Å². The van der Waals surface area contributed by atoms with Crippen molar-refractivity contribution in [2.75, 3.05) is 4.90 Å². The summed E-state index contributed by atoms with van der Waals surface area (Å²) in [6, 6.07) is 21.6. The molecule has 168 valence electrons. The lowest BCUT2D eigenvalue weighted by atomic mass is 10.1. The van der Waals surface area contributed by atoms with Crippen LogP contribution in [-0.4, -0.2) is 15.3 Å². The molecule has 4 aromatic rings. The van der Waals surface area contributed by atoms with Crippen molar-refractivity contribution in [3.63, 3.8) is 0 Å². The molecule has 4 rings (SSSR count). The Morgan fingerprint density at radius 3 is 1.82 bits per heavy atom. The molecule has 5 heteroatoms. The minimum absolute atomic E-state index is 0.0899. The van der Waals surface area contributed by atoms with E-state index in [-0.39, 0.29) is 17.2 Å². The molecule has 33 heavy (non-hydrogen) atoms. The van der Waals surface area contributed by atoms with Crippen LogP contribution in [0.2, 0.25) is 0 Å². The Morgan fingerprint density at radius 2 is 1.21 bits per heavy atom. The third kappa shape index (κ3) is 4.58. The molecule has 0 unspecified atom stereocenters. The lowest BCUT2D eigenvalue weighted by Gasteiger charge is -2.27. The number of phenolic OH excluding ortho intramolecular Hbond substituents is 3. The van der Waals surface area contributed by atoms with Crippen molar-refractivity contribution in [2.45, 2.75) is 27.7 Å². The monoisotopic (exact) mass is 441 g/mol. The predicted molar refractivity (Wildman–Crippen MR) is 132 cm³/mol. The third-order valence-electron chi connectivity index (χ3n) is 5.54. The Labute approximate surface area is 193 Å². The fourth-order valence-electron chi connectivity index (χ4n) is 3.78. The van der Waals surface area contributed by atoms with Gasteiger partial charge in [-0.1, -0.05) is 18.2 Å². The highest BCUT2D eigenvalue weighted by molar-refractivity contribution is 5.83. The number of anilines is 3. The van der Waals surface area contributed by atoms with Gasteiger partial charge in [0.2, 0.25) is 0 Å². The van der Waals surface area contributed by atoms with Gasteiger partial charge in [0.05, 0.1) is 17.1 Å². The number of rotatable bonds is 5. The SMILES string of the molecule is Cc1ccc(O)c(N(c2cccc(Oc3cc(O)c(C)cc3C)c2)c2cc(C)ccc2O)c1. The lowest BCUT2D eigenvalue weighted by Crippen LogP contribution is -2.11. The maximum absolute atomic E-state index is 10.7. The Kier molecular flexibility index (Phi) is 5.88. The van der Waals surface area contributed by atoms with E-state index in [1.165, 1.54) is 0 Å². The molecule has 4 aromatic carbocycles. The Morgan fingerprint density at radius 1 is 0.606 bits per heavy atom. The zero-order valence-corrected chi connectivity index (χ0v) is 19.1. The average molecular weight is 442 g/mol. The average Bonchev–Trinajstić information content (AvgIpc) is 2.77. The summed E-state index contributed by atoms with van der Waals surface area (Å²) in [5, 5.41) is 31.5. The number of aryl methyl sites for hydroxylation is 4. The van der Waals surface area contributed by atoms with Crippen molar-refractivity contribution in [1.29, 1.82) is 0 Å². The standard InChI is InChI=1S/C28H27NO4/c1-17-8-10-25(30)23(12-17)29(24-13-18(2)9-11-26(24)31)21-6-5-7-22(15-21)33-28-16-27(32)19(3)14-20(28)4/h5-16,30-32H,1-4H3. The summed E-state index contributed by atoms with van der Waals surface area (Å²) >= 11 is 0. The van der Waals surface area contributed by atoms with Crippen LogP contribution >= 0.6 is 0 Å². The first-order chi connectivity index (χ1) is 15.7. The summed E-state index contributed by atoms with van der Waals surface area (Å²) in [5.74, 6) is 1.46. The molecule has 0 aliphatic carbocycles. The van der Waals surface area contributed by atoms with E-state index in [4.69, 9.17) is 4.74 Å². The van der Waals surface area contributed by atoms with Crippen molar-refractivity contribution < 1.29 is 20.1 Å². The van der Waals surface area contributed by atoms with Crippen LogP contribution in [0.5, 0.6) is 28.7 Å². The number of hydrogen-bond donors (Lipinski definition) is 3. The molecule has 0 amide bonds. The van der Waals surface area contributed by atoms with Crippen LogP contribution in [-0.2, 0) is 0 Å². The second kappa shape index (κ2) is 8.79. The second-order valence-corrected chi connectivity index (χ2v) is 8.32. The van der Waals surface area contributed by atoms with Gasteiger partial charge in [-0.2, -0.15) is 0 Å². The first kappa shape index (κ1) is 22.1. The summed E-state index contributed by atoms with van der Waals surface area (Å²) < 4.78 is 6.10. The minimum atomic E-state index is 0.0899. The molecular formula is C28H27NO4. The first-order valence-electron chi connectivity index (χ1n) is 10.7. The van der Waals surface area contributed by atoms with Gasteiger partial charge in [0.1, 0.15) is 28.7 Å². The van der Waals surface area contributed by atoms with E-state index >= 15 is 0 Å². The van der Waals surface area contributed by atoms with Crippen LogP contribution in [0.1, 0.15) is 22.3 Å².